The summed E-state index contributed by atoms with van der Waals surface area (Å²) in [4.78, 5) is 1.33. The highest BCUT2D eigenvalue weighted by atomic mass is 35.5. The zero-order chi connectivity index (χ0) is 13.9. The van der Waals surface area contributed by atoms with Gasteiger partial charge in [0.2, 0.25) is 0 Å². The van der Waals surface area contributed by atoms with E-state index in [0.29, 0.717) is 6.04 Å². The van der Waals surface area contributed by atoms with Crippen LogP contribution in [0.4, 0.5) is 5.69 Å². The van der Waals surface area contributed by atoms with E-state index in [0.717, 1.165) is 28.6 Å². The number of methoxy groups -OCH3 is 1. The zero-order valence-corrected chi connectivity index (χ0v) is 12.8. The summed E-state index contributed by atoms with van der Waals surface area (Å²) in [6.07, 6.45) is 1.10. The van der Waals surface area contributed by atoms with E-state index in [4.69, 9.17) is 16.3 Å². The van der Waals surface area contributed by atoms with E-state index < -0.39 is 0 Å². The van der Waals surface area contributed by atoms with Gasteiger partial charge in [0.05, 0.1) is 13.2 Å². The molecule has 104 valence electrons. The predicted molar refractivity (Wildman–Crippen MR) is 86.2 cm³/mol. The molecule has 0 aliphatic carbocycles. The lowest BCUT2D eigenvalue weighted by Crippen LogP contribution is -2.16. The van der Waals surface area contributed by atoms with E-state index in [-0.39, 0.29) is 0 Å². The predicted octanol–water partition coefficient (Wildman–Crippen LogP) is 5.00. The number of rotatable bonds is 3. The van der Waals surface area contributed by atoms with Crippen LogP contribution in [0.5, 0.6) is 5.75 Å². The Morgan fingerprint density at radius 3 is 2.75 bits per heavy atom. The lowest BCUT2D eigenvalue weighted by atomic mass is 10.0. The third-order valence-electron chi connectivity index (χ3n) is 3.44. The lowest BCUT2D eigenvalue weighted by molar-refractivity contribution is 0.415. The highest BCUT2D eigenvalue weighted by Gasteiger charge is 2.20. The van der Waals surface area contributed by atoms with Crippen molar-refractivity contribution in [2.24, 2.45) is 0 Å². The van der Waals surface area contributed by atoms with E-state index in [9.17, 15) is 0 Å². The first-order valence-corrected chi connectivity index (χ1v) is 7.95. The smallest absolute Gasteiger partial charge is 0.119 e. The summed E-state index contributed by atoms with van der Waals surface area (Å²) in [5, 5.41) is 4.39. The summed E-state index contributed by atoms with van der Waals surface area (Å²) in [5.41, 5.74) is 2.40. The molecule has 0 bridgehead atoms. The molecule has 1 heterocycles. The Hall–Kier alpha value is -1.32. The molecule has 1 N–H and O–H groups in total. The van der Waals surface area contributed by atoms with E-state index in [1.54, 1.807) is 7.11 Å². The fraction of sp³-hybridized carbons (Fsp3) is 0.250. The molecule has 2 nitrogen and oxygen atoms in total. The standard InChI is InChI=1S/C16H16ClNOS/c1-19-13-5-3-12(4-6-13)18-15-8-9-20-16-7-2-11(17)10-14(15)16/h2-7,10,15,18H,8-9H2,1H3. The minimum Gasteiger partial charge on any atom is -0.497 e. The number of hydrogen-bond acceptors (Lipinski definition) is 3. The molecule has 2 aromatic rings. The second-order valence-electron chi connectivity index (χ2n) is 4.74. The van der Waals surface area contributed by atoms with Crippen molar-refractivity contribution in [3.8, 4) is 5.75 Å². The molecule has 4 heteroatoms. The van der Waals surface area contributed by atoms with Gasteiger partial charge < -0.3 is 10.1 Å². The molecule has 0 spiro atoms. The number of anilines is 1. The van der Waals surface area contributed by atoms with Gasteiger partial charge in [-0.3, -0.25) is 0 Å². The Labute approximate surface area is 128 Å². The average Bonchev–Trinajstić information content (AvgIpc) is 2.49. The number of benzene rings is 2. The summed E-state index contributed by atoms with van der Waals surface area (Å²) in [6.45, 7) is 0. The number of ether oxygens (including phenoxy) is 1. The van der Waals surface area contributed by atoms with Crippen LogP contribution in [0.3, 0.4) is 0 Å². The van der Waals surface area contributed by atoms with Crippen molar-refractivity contribution in [1.82, 2.24) is 0 Å². The molecule has 0 saturated heterocycles. The topological polar surface area (TPSA) is 21.3 Å². The molecule has 1 atom stereocenters. The molecule has 3 rings (SSSR count). The van der Waals surface area contributed by atoms with Crippen LogP contribution in [0.25, 0.3) is 0 Å². The first-order chi connectivity index (χ1) is 9.76. The molecule has 20 heavy (non-hydrogen) atoms. The fourth-order valence-electron chi connectivity index (χ4n) is 2.40. The minimum atomic E-state index is 0.318. The van der Waals surface area contributed by atoms with Gasteiger partial charge in [0.25, 0.3) is 0 Å². The van der Waals surface area contributed by atoms with Crippen molar-refractivity contribution in [3.05, 3.63) is 53.1 Å². The Kier molecular flexibility index (Phi) is 4.08. The van der Waals surface area contributed by atoms with E-state index in [1.807, 2.05) is 42.1 Å². The molecule has 0 saturated carbocycles. The molecule has 1 unspecified atom stereocenters. The maximum Gasteiger partial charge on any atom is 0.119 e. The molecule has 0 aromatic heterocycles. The number of thioether (sulfide) groups is 1. The molecule has 1 aliphatic rings. The van der Waals surface area contributed by atoms with Crippen LogP contribution >= 0.6 is 23.4 Å². The van der Waals surface area contributed by atoms with Gasteiger partial charge >= 0.3 is 0 Å². The third-order valence-corrected chi connectivity index (χ3v) is 4.80. The minimum absolute atomic E-state index is 0.318. The second-order valence-corrected chi connectivity index (χ2v) is 6.32. The summed E-state index contributed by atoms with van der Waals surface area (Å²) in [7, 11) is 1.68. The fourth-order valence-corrected chi connectivity index (χ4v) is 3.69. The van der Waals surface area contributed by atoms with Crippen LogP contribution in [0.2, 0.25) is 5.02 Å². The summed E-state index contributed by atoms with van der Waals surface area (Å²) < 4.78 is 5.18. The summed E-state index contributed by atoms with van der Waals surface area (Å²) in [6, 6.07) is 14.5. The van der Waals surface area contributed by atoms with Crippen molar-refractivity contribution < 1.29 is 4.74 Å². The second kappa shape index (κ2) is 5.98. The Morgan fingerprint density at radius 1 is 1.20 bits per heavy atom. The van der Waals surface area contributed by atoms with Crippen molar-refractivity contribution >= 4 is 29.1 Å². The van der Waals surface area contributed by atoms with Gasteiger partial charge in [-0.2, -0.15) is 0 Å². The van der Waals surface area contributed by atoms with Crippen molar-refractivity contribution in [3.63, 3.8) is 0 Å². The van der Waals surface area contributed by atoms with Gasteiger partial charge in [0, 0.05) is 21.4 Å². The maximum absolute atomic E-state index is 6.13. The van der Waals surface area contributed by atoms with Crippen LogP contribution in [-0.2, 0) is 0 Å². The average molecular weight is 306 g/mol. The largest absolute Gasteiger partial charge is 0.497 e. The van der Waals surface area contributed by atoms with Crippen LogP contribution in [-0.4, -0.2) is 12.9 Å². The number of hydrogen-bond donors (Lipinski definition) is 1. The van der Waals surface area contributed by atoms with Crippen LogP contribution in [0.15, 0.2) is 47.4 Å². The SMILES string of the molecule is COc1ccc(NC2CCSc3ccc(Cl)cc32)cc1. The van der Waals surface area contributed by atoms with Crippen LogP contribution in [0, 0.1) is 0 Å². The third kappa shape index (κ3) is 2.89. The summed E-state index contributed by atoms with van der Waals surface area (Å²) in [5.74, 6) is 2.00. The normalized spacial score (nSPS) is 17.4. The van der Waals surface area contributed by atoms with Crippen molar-refractivity contribution in [2.45, 2.75) is 17.4 Å². The molecule has 0 fully saturated rings. The van der Waals surface area contributed by atoms with Gasteiger partial charge in [-0.05, 0) is 54.4 Å². The van der Waals surface area contributed by atoms with Crippen LogP contribution < -0.4 is 10.1 Å². The van der Waals surface area contributed by atoms with Gasteiger partial charge in [-0.1, -0.05) is 11.6 Å². The number of fused-ring (bicyclic) bond motifs is 1. The molecular formula is C16H16ClNOS. The van der Waals surface area contributed by atoms with E-state index in [1.165, 1.54) is 10.5 Å². The van der Waals surface area contributed by atoms with Crippen molar-refractivity contribution in [1.29, 1.82) is 0 Å². The number of halogens is 1. The van der Waals surface area contributed by atoms with Crippen LogP contribution in [0.1, 0.15) is 18.0 Å². The van der Waals surface area contributed by atoms with Gasteiger partial charge in [0.1, 0.15) is 5.75 Å². The Balaban J connectivity index is 1.83. The molecule has 0 radical (unpaired) electrons. The Bertz CT molecular complexity index is 600. The molecule has 1 aliphatic heterocycles. The molecule has 2 aromatic carbocycles. The van der Waals surface area contributed by atoms with Crippen molar-refractivity contribution in [2.75, 3.05) is 18.2 Å². The zero-order valence-electron chi connectivity index (χ0n) is 11.2. The molecule has 0 amide bonds. The summed E-state index contributed by atoms with van der Waals surface area (Å²) >= 11 is 8.03. The highest BCUT2D eigenvalue weighted by Crippen LogP contribution is 2.39. The molecular weight excluding hydrogens is 290 g/mol. The first kappa shape index (κ1) is 13.7. The van der Waals surface area contributed by atoms with Gasteiger partial charge in [-0.25, -0.2) is 0 Å². The lowest BCUT2D eigenvalue weighted by Gasteiger charge is -2.27. The highest BCUT2D eigenvalue weighted by molar-refractivity contribution is 7.99. The number of nitrogens with one attached hydrogen (secondary N) is 1. The first-order valence-electron chi connectivity index (χ1n) is 6.59. The maximum atomic E-state index is 6.13. The Morgan fingerprint density at radius 2 is 2.00 bits per heavy atom. The van der Waals surface area contributed by atoms with E-state index >= 15 is 0 Å². The van der Waals surface area contributed by atoms with Gasteiger partial charge in [0.15, 0.2) is 0 Å². The van der Waals surface area contributed by atoms with Gasteiger partial charge in [-0.15, -0.1) is 11.8 Å². The van der Waals surface area contributed by atoms with E-state index in [2.05, 4.69) is 17.4 Å². The quantitative estimate of drug-likeness (QED) is 0.862. The monoisotopic (exact) mass is 305 g/mol.